The highest BCUT2D eigenvalue weighted by Crippen LogP contribution is 2.19. The minimum Gasteiger partial charge on any atom is -0.264 e. The number of fused-ring (bicyclic) bond motifs is 1. The van der Waals surface area contributed by atoms with Crippen LogP contribution in [0.2, 0.25) is 0 Å². The van der Waals surface area contributed by atoms with E-state index >= 15 is 0 Å². The fourth-order valence-electron chi connectivity index (χ4n) is 0.892. The van der Waals surface area contributed by atoms with Crippen molar-refractivity contribution in [3.05, 3.63) is 22.2 Å². The van der Waals surface area contributed by atoms with E-state index in [4.69, 9.17) is 0 Å². The molecule has 0 radical (unpaired) electrons. The largest absolute Gasteiger partial charge is 0.264 e. The molecule has 0 aromatic carbocycles. The zero-order valence-electron chi connectivity index (χ0n) is 5.33. The lowest BCUT2D eigenvalue weighted by atomic mass is 10.3. The first kappa shape index (κ1) is 7.48. The van der Waals surface area contributed by atoms with Gasteiger partial charge in [0.15, 0.2) is 0 Å². The summed E-state index contributed by atoms with van der Waals surface area (Å²) in [6.45, 7) is 0. The van der Waals surface area contributed by atoms with Gasteiger partial charge in [-0.2, -0.15) is 8.81 Å². The maximum Gasteiger partial charge on any atom is 0.133 e. The highest BCUT2D eigenvalue weighted by atomic mass is 127. The summed E-state index contributed by atoms with van der Waals surface area (Å²) in [4.78, 5) is 4.01. The van der Waals surface area contributed by atoms with Crippen molar-refractivity contribution in [3.63, 3.8) is 0 Å². The van der Waals surface area contributed by atoms with E-state index in [1.807, 2.05) is 12.3 Å². The number of nitrogens with zero attached hydrogens (tertiary/aromatic N) is 3. The molecule has 0 aliphatic carbocycles. The molecule has 2 aromatic heterocycles. The lowest BCUT2D eigenvalue weighted by Crippen LogP contribution is -1.79. The molecule has 0 amide bonds. The Labute approximate surface area is 85.3 Å². The number of aromatic nitrogens is 3. The zero-order chi connectivity index (χ0) is 7.84. The third-order valence-corrected chi connectivity index (χ3v) is 2.73. The lowest BCUT2D eigenvalue weighted by molar-refractivity contribution is 1.04. The van der Waals surface area contributed by atoms with Crippen LogP contribution in [-0.4, -0.2) is 13.8 Å². The molecular weight excluding hydrogens is 321 g/mol. The Balaban J connectivity index is 2.95. The van der Waals surface area contributed by atoms with Crippen LogP contribution in [0.5, 0.6) is 0 Å². The van der Waals surface area contributed by atoms with Gasteiger partial charge in [0.2, 0.25) is 0 Å². The molecular formula is C6H3BrIN3. The number of halogens is 2. The summed E-state index contributed by atoms with van der Waals surface area (Å²) < 4.78 is 2.63. The van der Waals surface area contributed by atoms with Gasteiger partial charge in [-0.15, -0.1) is 0 Å². The topological polar surface area (TPSA) is 30.7 Å². The Morgan fingerprint density at radius 3 is 3.09 bits per heavy atom. The average Bonchev–Trinajstić information content (AvgIpc) is 2.30. The Kier molecular flexibility index (Phi) is 1.84. The second-order valence-corrected chi connectivity index (χ2v) is 3.74. The Bertz CT molecular complexity index is 362. The predicted octanol–water partition coefficient (Wildman–Crippen LogP) is 2.19. The van der Waals surface area contributed by atoms with Crippen molar-refractivity contribution in [2.24, 2.45) is 0 Å². The molecule has 2 aromatic rings. The molecule has 11 heavy (non-hydrogen) atoms. The maximum absolute atomic E-state index is 4.17. The quantitative estimate of drug-likeness (QED) is 0.696. The SMILES string of the molecule is Brn1nc(I)c2cnccc21. The smallest absolute Gasteiger partial charge is 0.133 e. The Morgan fingerprint density at radius 1 is 1.55 bits per heavy atom. The monoisotopic (exact) mass is 323 g/mol. The van der Waals surface area contributed by atoms with E-state index in [0.717, 1.165) is 14.6 Å². The number of rotatable bonds is 0. The van der Waals surface area contributed by atoms with E-state index in [9.17, 15) is 0 Å². The minimum atomic E-state index is 0.961. The van der Waals surface area contributed by atoms with Crippen molar-refractivity contribution in [1.82, 2.24) is 13.8 Å². The molecule has 0 unspecified atom stereocenters. The van der Waals surface area contributed by atoms with Gasteiger partial charge in [0.25, 0.3) is 0 Å². The van der Waals surface area contributed by atoms with Crippen LogP contribution in [0.15, 0.2) is 18.5 Å². The molecule has 2 heterocycles. The summed E-state index contributed by atoms with van der Waals surface area (Å²) in [7, 11) is 0. The lowest BCUT2D eigenvalue weighted by Gasteiger charge is -1.87. The molecule has 3 nitrogen and oxygen atoms in total. The highest BCUT2D eigenvalue weighted by Gasteiger charge is 2.04. The Morgan fingerprint density at radius 2 is 2.36 bits per heavy atom. The molecule has 56 valence electrons. The summed E-state index contributed by atoms with van der Waals surface area (Å²) in [6.07, 6.45) is 3.56. The van der Waals surface area contributed by atoms with Gasteiger partial charge in [0.1, 0.15) is 3.70 Å². The van der Waals surface area contributed by atoms with Gasteiger partial charge < -0.3 is 0 Å². The van der Waals surface area contributed by atoms with Crippen molar-refractivity contribution in [1.29, 1.82) is 0 Å². The molecule has 0 fully saturated rings. The normalized spacial score (nSPS) is 10.7. The summed E-state index contributed by atoms with van der Waals surface area (Å²) >= 11 is 5.47. The molecule has 5 heteroatoms. The summed E-state index contributed by atoms with van der Waals surface area (Å²) in [5.74, 6) is 0. The van der Waals surface area contributed by atoms with Gasteiger partial charge in [0.05, 0.1) is 27.1 Å². The molecule has 0 N–H and O–H groups in total. The Hall–Kier alpha value is -0.170. The molecule has 2 rings (SSSR count). The van der Waals surface area contributed by atoms with Crippen LogP contribution in [0.4, 0.5) is 0 Å². The second-order valence-electron chi connectivity index (χ2n) is 2.04. The van der Waals surface area contributed by atoms with Gasteiger partial charge in [0, 0.05) is 12.4 Å². The summed E-state index contributed by atoms with van der Waals surface area (Å²) in [5.41, 5.74) is 1.05. The predicted molar refractivity (Wildman–Crippen MR) is 54.6 cm³/mol. The second kappa shape index (κ2) is 2.71. The molecule has 0 saturated heterocycles. The van der Waals surface area contributed by atoms with Gasteiger partial charge >= 0.3 is 0 Å². The number of hydrogen-bond acceptors (Lipinski definition) is 2. The number of pyridine rings is 1. The van der Waals surface area contributed by atoms with E-state index in [1.165, 1.54) is 0 Å². The molecule has 0 bridgehead atoms. The van der Waals surface area contributed by atoms with E-state index in [-0.39, 0.29) is 0 Å². The van der Waals surface area contributed by atoms with Gasteiger partial charge in [-0.1, -0.05) is 0 Å². The van der Waals surface area contributed by atoms with Crippen molar-refractivity contribution in [2.75, 3.05) is 0 Å². The third kappa shape index (κ3) is 1.16. The summed E-state index contributed by atoms with van der Waals surface area (Å²) in [6, 6.07) is 1.92. The standard InChI is InChI=1S/C6H3BrIN3/c7-11-5-1-2-9-3-4(5)6(8)10-11/h1-3H. The van der Waals surface area contributed by atoms with Crippen LogP contribution >= 0.6 is 38.7 Å². The first-order chi connectivity index (χ1) is 5.29. The van der Waals surface area contributed by atoms with Crippen LogP contribution in [0, 0.1) is 3.70 Å². The molecule has 0 aliphatic rings. The van der Waals surface area contributed by atoms with E-state index in [1.54, 1.807) is 9.90 Å². The fourth-order valence-corrected chi connectivity index (χ4v) is 2.29. The van der Waals surface area contributed by atoms with Gasteiger partial charge in [-0.25, -0.2) is 0 Å². The van der Waals surface area contributed by atoms with Crippen molar-refractivity contribution in [3.8, 4) is 0 Å². The van der Waals surface area contributed by atoms with Crippen LogP contribution in [0.25, 0.3) is 10.9 Å². The van der Waals surface area contributed by atoms with E-state index in [2.05, 4.69) is 48.8 Å². The average molecular weight is 324 g/mol. The van der Waals surface area contributed by atoms with E-state index in [0.29, 0.717) is 0 Å². The highest BCUT2D eigenvalue weighted by molar-refractivity contribution is 14.1. The molecule has 0 aliphatic heterocycles. The first-order valence-electron chi connectivity index (χ1n) is 2.93. The van der Waals surface area contributed by atoms with E-state index < -0.39 is 0 Å². The van der Waals surface area contributed by atoms with Crippen molar-refractivity contribution < 1.29 is 0 Å². The van der Waals surface area contributed by atoms with Crippen molar-refractivity contribution in [2.45, 2.75) is 0 Å². The van der Waals surface area contributed by atoms with Crippen LogP contribution in [0.1, 0.15) is 0 Å². The molecule has 0 saturated carbocycles. The first-order valence-corrected chi connectivity index (χ1v) is 4.72. The van der Waals surface area contributed by atoms with Crippen LogP contribution in [-0.2, 0) is 0 Å². The fraction of sp³-hybridized carbons (Fsp3) is 0. The molecule has 0 spiro atoms. The van der Waals surface area contributed by atoms with Crippen molar-refractivity contribution >= 4 is 49.6 Å². The van der Waals surface area contributed by atoms with Crippen LogP contribution in [0.3, 0.4) is 0 Å². The van der Waals surface area contributed by atoms with Gasteiger partial charge in [-0.05, 0) is 28.7 Å². The van der Waals surface area contributed by atoms with Gasteiger partial charge in [-0.3, -0.25) is 4.98 Å². The minimum absolute atomic E-state index is 0.961. The summed E-state index contributed by atoms with van der Waals surface area (Å²) in [5, 5.41) is 5.24. The number of hydrogen-bond donors (Lipinski definition) is 0. The third-order valence-electron chi connectivity index (χ3n) is 1.39. The zero-order valence-corrected chi connectivity index (χ0v) is 9.07. The molecule has 0 atom stereocenters. The van der Waals surface area contributed by atoms with Crippen LogP contribution < -0.4 is 0 Å². The maximum atomic E-state index is 4.17.